The van der Waals surface area contributed by atoms with Gasteiger partial charge in [0, 0.05) is 38.6 Å². The number of rotatable bonds is 6. The molecule has 0 bridgehead atoms. The van der Waals surface area contributed by atoms with Gasteiger partial charge in [-0.15, -0.1) is 0 Å². The van der Waals surface area contributed by atoms with Crippen LogP contribution in [0.2, 0.25) is 0 Å². The molecule has 6 heteroatoms. The number of nitrogens with zero attached hydrogens (tertiary/aromatic N) is 2. The van der Waals surface area contributed by atoms with Crippen LogP contribution in [0.3, 0.4) is 0 Å². The Morgan fingerprint density at radius 1 is 1.28 bits per heavy atom. The van der Waals surface area contributed by atoms with Crippen LogP contribution in [-0.2, 0) is 6.54 Å². The number of urea groups is 1. The largest absolute Gasteiger partial charge is 0.495 e. The minimum atomic E-state index is -0.139. The number of hydrogen-bond donors (Lipinski definition) is 2. The number of amides is 2. The summed E-state index contributed by atoms with van der Waals surface area (Å²) in [6.07, 6.45) is 4.53. The Bertz CT molecular complexity index is 693. The van der Waals surface area contributed by atoms with E-state index in [0.29, 0.717) is 19.0 Å². The third kappa shape index (κ3) is 4.62. The van der Waals surface area contributed by atoms with E-state index >= 15 is 0 Å². The van der Waals surface area contributed by atoms with Gasteiger partial charge in [0.2, 0.25) is 0 Å². The van der Waals surface area contributed by atoms with E-state index in [1.807, 2.05) is 30.3 Å². The predicted molar refractivity (Wildman–Crippen MR) is 97.8 cm³/mol. The quantitative estimate of drug-likeness (QED) is 0.847. The Hall–Kier alpha value is -2.76. The molecule has 2 heterocycles. The standard InChI is InChI=1S/C19H24N4O2/c1-25-18-7-3-2-6-17(18)23-10-8-16(14-23)13-22-19(24)21-12-15-5-4-9-20-11-15/h2-7,9,11,16H,8,10,12-14H2,1H3,(H2,21,22,24)/t16-/m1/s1. The van der Waals surface area contributed by atoms with Gasteiger partial charge in [0.15, 0.2) is 0 Å². The Morgan fingerprint density at radius 2 is 2.16 bits per heavy atom. The van der Waals surface area contributed by atoms with E-state index in [-0.39, 0.29) is 6.03 Å². The van der Waals surface area contributed by atoms with Crippen molar-refractivity contribution in [3.05, 3.63) is 54.4 Å². The minimum Gasteiger partial charge on any atom is -0.495 e. The van der Waals surface area contributed by atoms with Crippen molar-refractivity contribution in [2.24, 2.45) is 5.92 Å². The molecule has 25 heavy (non-hydrogen) atoms. The number of methoxy groups -OCH3 is 1. The van der Waals surface area contributed by atoms with E-state index in [1.165, 1.54) is 0 Å². The van der Waals surface area contributed by atoms with E-state index in [4.69, 9.17) is 4.74 Å². The Morgan fingerprint density at radius 3 is 2.96 bits per heavy atom. The highest BCUT2D eigenvalue weighted by Crippen LogP contribution is 2.31. The first-order valence-corrected chi connectivity index (χ1v) is 8.55. The molecule has 1 fully saturated rings. The molecule has 0 radical (unpaired) electrons. The number of carbonyl (C=O) groups excluding carboxylic acids is 1. The molecule has 0 spiro atoms. The van der Waals surface area contributed by atoms with Gasteiger partial charge >= 0.3 is 6.03 Å². The highest BCUT2D eigenvalue weighted by atomic mass is 16.5. The van der Waals surface area contributed by atoms with Crippen molar-refractivity contribution in [3.8, 4) is 5.75 Å². The predicted octanol–water partition coefficient (Wildman–Crippen LogP) is 2.42. The summed E-state index contributed by atoms with van der Waals surface area (Å²) < 4.78 is 5.44. The summed E-state index contributed by atoms with van der Waals surface area (Å²) in [6, 6.07) is 11.7. The summed E-state index contributed by atoms with van der Waals surface area (Å²) >= 11 is 0. The molecule has 0 unspecified atom stereocenters. The number of carbonyl (C=O) groups is 1. The molecular formula is C19H24N4O2. The lowest BCUT2D eigenvalue weighted by molar-refractivity contribution is 0.239. The maximum atomic E-state index is 11.9. The average Bonchev–Trinajstić information content (AvgIpc) is 3.14. The Labute approximate surface area is 148 Å². The lowest BCUT2D eigenvalue weighted by atomic mass is 10.1. The molecule has 2 aromatic rings. The molecule has 1 saturated heterocycles. The van der Waals surface area contributed by atoms with Crippen LogP contribution >= 0.6 is 0 Å². The number of hydrogen-bond acceptors (Lipinski definition) is 4. The van der Waals surface area contributed by atoms with Gasteiger partial charge < -0.3 is 20.3 Å². The second-order valence-corrected chi connectivity index (χ2v) is 6.20. The molecular weight excluding hydrogens is 316 g/mol. The maximum absolute atomic E-state index is 11.9. The third-order valence-electron chi connectivity index (χ3n) is 4.44. The Balaban J connectivity index is 1.43. The number of benzene rings is 1. The Kier molecular flexibility index (Phi) is 5.72. The molecule has 1 aliphatic rings. The summed E-state index contributed by atoms with van der Waals surface area (Å²) in [5, 5.41) is 5.83. The van der Waals surface area contributed by atoms with Gasteiger partial charge in [-0.2, -0.15) is 0 Å². The van der Waals surface area contributed by atoms with Gasteiger partial charge in [-0.25, -0.2) is 4.79 Å². The van der Waals surface area contributed by atoms with Gasteiger partial charge in [-0.05, 0) is 36.1 Å². The topological polar surface area (TPSA) is 66.5 Å². The number of anilines is 1. The number of ether oxygens (including phenoxy) is 1. The van der Waals surface area contributed by atoms with E-state index in [2.05, 4.69) is 26.6 Å². The fourth-order valence-electron chi connectivity index (χ4n) is 3.09. The molecule has 6 nitrogen and oxygen atoms in total. The van der Waals surface area contributed by atoms with Crippen molar-refractivity contribution < 1.29 is 9.53 Å². The zero-order chi connectivity index (χ0) is 17.5. The molecule has 1 aromatic carbocycles. The molecule has 1 aromatic heterocycles. The molecule has 3 rings (SSSR count). The molecule has 2 amide bonds. The number of para-hydroxylation sites is 2. The molecule has 1 atom stereocenters. The zero-order valence-corrected chi connectivity index (χ0v) is 14.4. The van der Waals surface area contributed by atoms with Crippen LogP contribution in [0.1, 0.15) is 12.0 Å². The molecule has 0 saturated carbocycles. The SMILES string of the molecule is COc1ccccc1N1CC[C@H](CNC(=O)NCc2cccnc2)C1. The monoisotopic (exact) mass is 340 g/mol. The second-order valence-electron chi connectivity index (χ2n) is 6.20. The van der Waals surface area contributed by atoms with Crippen molar-refractivity contribution >= 4 is 11.7 Å². The van der Waals surface area contributed by atoms with Gasteiger partial charge in [-0.1, -0.05) is 18.2 Å². The van der Waals surface area contributed by atoms with E-state index < -0.39 is 0 Å². The maximum Gasteiger partial charge on any atom is 0.315 e. The van der Waals surface area contributed by atoms with Crippen LogP contribution in [0.25, 0.3) is 0 Å². The van der Waals surface area contributed by atoms with Gasteiger partial charge in [-0.3, -0.25) is 4.98 Å². The van der Waals surface area contributed by atoms with E-state index in [1.54, 1.807) is 19.5 Å². The zero-order valence-electron chi connectivity index (χ0n) is 14.4. The lowest BCUT2D eigenvalue weighted by Gasteiger charge is -2.21. The first kappa shape index (κ1) is 17.1. The summed E-state index contributed by atoms with van der Waals surface area (Å²) in [5.74, 6) is 1.33. The van der Waals surface area contributed by atoms with Crippen LogP contribution in [0, 0.1) is 5.92 Å². The summed E-state index contributed by atoms with van der Waals surface area (Å²) in [4.78, 5) is 18.3. The normalized spacial score (nSPS) is 16.5. The van der Waals surface area contributed by atoms with Crippen molar-refractivity contribution in [3.63, 3.8) is 0 Å². The van der Waals surface area contributed by atoms with Gasteiger partial charge in [0.05, 0.1) is 12.8 Å². The van der Waals surface area contributed by atoms with Crippen molar-refractivity contribution in [1.82, 2.24) is 15.6 Å². The van der Waals surface area contributed by atoms with Crippen LogP contribution in [0.15, 0.2) is 48.8 Å². The fraction of sp³-hybridized carbons (Fsp3) is 0.368. The average molecular weight is 340 g/mol. The first-order valence-electron chi connectivity index (χ1n) is 8.55. The van der Waals surface area contributed by atoms with Crippen molar-refractivity contribution in [1.29, 1.82) is 0 Å². The molecule has 1 aliphatic heterocycles. The number of nitrogens with one attached hydrogen (secondary N) is 2. The van der Waals surface area contributed by atoms with Crippen molar-refractivity contribution in [2.75, 3.05) is 31.6 Å². The van der Waals surface area contributed by atoms with Crippen LogP contribution in [0.4, 0.5) is 10.5 Å². The van der Waals surface area contributed by atoms with Crippen molar-refractivity contribution in [2.45, 2.75) is 13.0 Å². The molecule has 0 aliphatic carbocycles. The van der Waals surface area contributed by atoms with Gasteiger partial charge in [0.1, 0.15) is 5.75 Å². The minimum absolute atomic E-state index is 0.139. The summed E-state index contributed by atoms with van der Waals surface area (Å²) in [7, 11) is 1.69. The number of aromatic nitrogens is 1. The highest BCUT2D eigenvalue weighted by molar-refractivity contribution is 5.73. The van der Waals surface area contributed by atoms with Gasteiger partial charge in [0.25, 0.3) is 0 Å². The molecule has 2 N–H and O–H groups in total. The van der Waals surface area contributed by atoms with Crippen LogP contribution in [0.5, 0.6) is 5.75 Å². The van der Waals surface area contributed by atoms with E-state index in [0.717, 1.165) is 36.5 Å². The number of pyridine rings is 1. The summed E-state index contributed by atoms with van der Waals surface area (Å²) in [5.41, 5.74) is 2.11. The van der Waals surface area contributed by atoms with E-state index in [9.17, 15) is 4.79 Å². The first-order chi connectivity index (χ1) is 12.3. The smallest absolute Gasteiger partial charge is 0.315 e. The lowest BCUT2D eigenvalue weighted by Crippen LogP contribution is -2.38. The fourth-order valence-corrected chi connectivity index (χ4v) is 3.09. The van der Waals surface area contributed by atoms with Crippen LogP contribution in [-0.4, -0.2) is 37.8 Å². The third-order valence-corrected chi connectivity index (χ3v) is 4.44. The second kappa shape index (κ2) is 8.37. The highest BCUT2D eigenvalue weighted by Gasteiger charge is 2.24. The molecule has 132 valence electrons. The van der Waals surface area contributed by atoms with Crippen LogP contribution < -0.4 is 20.3 Å². The summed E-state index contributed by atoms with van der Waals surface area (Å²) in [6.45, 7) is 3.05.